The van der Waals surface area contributed by atoms with Gasteiger partial charge in [-0.05, 0) is 117 Å². The topological polar surface area (TPSA) is 55.1 Å². The minimum absolute atomic E-state index is 0.468. The van der Waals surface area contributed by atoms with E-state index in [-0.39, 0.29) is 0 Å². The van der Waals surface area contributed by atoms with E-state index in [0.717, 1.165) is 67.3 Å². The van der Waals surface area contributed by atoms with Crippen molar-refractivity contribution < 1.29 is 4.42 Å². The summed E-state index contributed by atoms with van der Waals surface area (Å²) in [5, 5.41) is 0. The SMILES string of the molecule is c1ccc(-c2nc3ccccc3nc2-c2ccc(N(c3ccc(-c4nc5ccccc5o4)cc3)c3ccc4c(c3)C3(c5ccccc5-c5ccccc53)c3ccccc3-4)cc2)cc1. The monoisotopic (exact) mass is 804 g/mol. The normalized spacial score (nSPS) is 12.9. The van der Waals surface area contributed by atoms with Crippen LogP contribution in [0.3, 0.4) is 0 Å². The molecule has 2 aromatic heterocycles. The molecule has 11 aromatic rings. The predicted molar refractivity (Wildman–Crippen MR) is 254 cm³/mol. The van der Waals surface area contributed by atoms with Crippen LogP contribution in [0, 0.1) is 0 Å². The highest BCUT2D eigenvalue weighted by atomic mass is 16.3. The lowest BCUT2D eigenvalue weighted by atomic mass is 9.70. The van der Waals surface area contributed by atoms with Crippen molar-refractivity contribution in [3.63, 3.8) is 0 Å². The Morgan fingerprint density at radius 3 is 1.35 bits per heavy atom. The van der Waals surface area contributed by atoms with E-state index in [1.54, 1.807) is 0 Å². The third-order valence-electron chi connectivity index (χ3n) is 12.9. The lowest BCUT2D eigenvalue weighted by Gasteiger charge is -2.32. The van der Waals surface area contributed by atoms with E-state index in [2.05, 4.69) is 169 Å². The summed E-state index contributed by atoms with van der Waals surface area (Å²) >= 11 is 0. The first-order valence-corrected chi connectivity index (χ1v) is 21.3. The van der Waals surface area contributed by atoms with Crippen LogP contribution in [0.1, 0.15) is 22.3 Å². The molecule has 0 aliphatic heterocycles. The lowest BCUT2D eigenvalue weighted by molar-refractivity contribution is 0.620. The average Bonchev–Trinajstić information content (AvgIpc) is 4.02. The molecule has 5 nitrogen and oxygen atoms in total. The first-order chi connectivity index (χ1) is 31.2. The van der Waals surface area contributed by atoms with Gasteiger partial charge in [-0.2, -0.15) is 0 Å². The van der Waals surface area contributed by atoms with Gasteiger partial charge in [0.25, 0.3) is 0 Å². The van der Waals surface area contributed by atoms with Crippen LogP contribution in [0.15, 0.2) is 223 Å². The zero-order valence-electron chi connectivity index (χ0n) is 34.0. The van der Waals surface area contributed by atoms with Crippen molar-refractivity contribution in [3.05, 3.63) is 241 Å². The number of aromatic nitrogens is 3. The van der Waals surface area contributed by atoms with Crippen LogP contribution in [0.2, 0.25) is 0 Å². The second-order valence-corrected chi connectivity index (χ2v) is 16.3. The molecule has 0 unspecified atom stereocenters. The highest BCUT2D eigenvalue weighted by molar-refractivity contribution is 5.96. The highest BCUT2D eigenvalue weighted by Gasteiger charge is 2.51. The van der Waals surface area contributed by atoms with Crippen LogP contribution in [-0.4, -0.2) is 15.0 Å². The van der Waals surface area contributed by atoms with E-state index in [0.29, 0.717) is 5.89 Å². The maximum atomic E-state index is 6.20. The van der Waals surface area contributed by atoms with E-state index >= 15 is 0 Å². The summed E-state index contributed by atoms with van der Waals surface area (Å²) in [6, 6.07) is 77.5. The molecule has 294 valence electrons. The van der Waals surface area contributed by atoms with Crippen LogP contribution in [0.25, 0.3) is 78.4 Å². The molecular weight excluding hydrogens is 769 g/mol. The summed E-state index contributed by atoms with van der Waals surface area (Å²) in [5.74, 6) is 0.597. The molecule has 2 heterocycles. The summed E-state index contributed by atoms with van der Waals surface area (Å²) in [7, 11) is 0. The fraction of sp³-hybridized carbons (Fsp3) is 0.0172. The summed E-state index contributed by atoms with van der Waals surface area (Å²) < 4.78 is 6.20. The molecule has 9 aromatic carbocycles. The molecule has 0 radical (unpaired) electrons. The van der Waals surface area contributed by atoms with Crippen molar-refractivity contribution in [2.75, 3.05) is 4.90 Å². The lowest BCUT2D eigenvalue weighted by Crippen LogP contribution is -2.26. The smallest absolute Gasteiger partial charge is 0.227 e. The molecule has 0 N–H and O–H groups in total. The number of nitrogens with zero attached hydrogens (tertiary/aromatic N) is 4. The summed E-state index contributed by atoms with van der Waals surface area (Å²) in [5.41, 5.74) is 20.9. The van der Waals surface area contributed by atoms with E-state index in [4.69, 9.17) is 19.4 Å². The number of fused-ring (bicyclic) bond motifs is 12. The maximum Gasteiger partial charge on any atom is 0.227 e. The number of oxazole rings is 1. The molecule has 0 saturated heterocycles. The Labute approximate surface area is 364 Å². The Morgan fingerprint density at radius 1 is 0.333 bits per heavy atom. The molecule has 5 heteroatoms. The predicted octanol–water partition coefficient (Wildman–Crippen LogP) is 14.6. The van der Waals surface area contributed by atoms with Crippen molar-refractivity contribution in [1.82, 2.24) is 15.0 Å². The van der Waals surface area contributed by atoms with Crippen LogP contribution in [0.4, 0.5) is 17.1 Å². The Bertz CT molecular complexity index is 3480. The number of hydrogen-bond acceptors (Lipinski definition) is 5. The van der Waals surface area contributed by atoms with Gasteiger partial charge in [-0.1, -0.05) is 146 Å². The fourth-order valence-corrected chi connectivity index (χ4v) is 10.2. The minimum atomic E-state index is -0.468. The first-order valence-electron chi connectivity index (χ1n) is 21.3. The second kappa shape index (κ2) is 13.8. The van der Waals surface area contributed by atoms with Gasteiger partial charge in [-0.15, -0.1) is 0 Å². The fourth-order valence-electron chi connectivity index (χ4n) is 10.2. The van der Waals surface area contributed by atoms with Gasteiger partial charge in [0.2, 0.25) is 5.89 Å². The molecule has 13 rings (SSSR count). The molecule has 0 bridgehead atoms. The van der Waals surface area contributed by atoms with E-state index in [9.17, 15) is 0 Å². The summed E-state index contributed by atoms with van der Waals surface area (Å²) in [6.07, 6.45) is 0. The van der Waals surface area contributed by atoms with Gasteiger partial charge >= 0.3 is 0 Å². The maximum absolute atomic E-state index is 6.20. The van der Waals surface area contributed by atoms with Crippen molar-refractivity contribution in [1.29, 1.82) is 0 Å². The molecule has 0 amide bonds. The van der Waals surface area contributed by atoms with Crippen LogP contribution >= 0.6 is 0 Å². The Balaban J connectivity index is 0.994. The zero-order chi connectivity index (χ0) is 41.5. The highest BCUT2D eigenvalue weighted by Crippen LogP contribution is 2.63. The van der Waals surface area contributed by atoms with Crippen molar-refractivity contribution in [3.8, 4) is 56.2 Å². The molecule has 63 heavy (non-hydrogen) atoms. The molecule has 2 aliphatic rings. The Kier molecular flexibility index (Phi) is 7.75. The van der Waals surface area contributed by atoms with Crippen molar-refractivity contribution in [2.24, 2.45) is 0 Å². The van der Waals surface area contributed by atoms with Gasteiger partial charge in [0.15, 0.2) is 5.58 Å². The van der Waals surface area contributed by atoms with Gasteiger partial charge in [-0.3, -0.25) is 0 Å². The number of benzene rings is 9. The van der Waals surface area contributed by atoms with E-state index < -0.39 is 5.41 Å². The molecule has 0 fully saturated rings. The molecule has 0 saturated carbocycles. The summed E-state index contributed by atoms with van der Waals surface area (Å²) in [6.45, 7) is 0. The summed E-state index contributed by atoms with van der Waals surface area (Å²) in [4.78, 5) is 17.5. The van der Waals surface area contributed by atoms with E-state index in [1.807, 2.05) is 54.6 Å². The second-order valence-electron chi connectivity index (χ2n) is 16.3. The van der Waals surface area contributed by atoms with Gasteiger partial charge in [0, 0.05) is 33.8 Å². The quantitative estimate of drug-likeness (QED) is 0.168. The molecular formula is C58H36N4O. The molecule has 0 atom stereocenters. The number of hydrogen-bond donors (Lipinski definition) is 0. The standard InChI is InChI=1S/C58H36N4O/c1-2-14-37(15-3-1)55-56(60-52-23-11-10-22-51(52)59-55)38-26-30-40(31-27-38)62(41-32-28-39(29-33-41)57-61-53-24-12-13-25-54(53)63-57)42-34-35-46-45-18-6-9-21-49(45)58(50(46)36-42)47-19-7-4-16-43(47)44-17-5-8-20-48(44)58/h1-36H. The van der Waals surface area contributed by atoms with E-state index in [1.165, 1.54) is 44.5 Å². The Hall–Kier alpha value is -8.41. The van der Waals surface area contributed by atoms with Crippen molar-refractivity contribution in [2.45, 2.75) is 5.41 Å². The average molecular weight is 805 g/mol. The number of para-hydroxylation sites is 4. The largest absolute Gasteiger partial charge is 0.436 e. The number of anilines is 3. The van der Waals surface area contributed by atoms with Crippen LogP contribution in [0.5, 0.6) is 0 Å². The third-order valence-corrected chi connectivity index (χ3v) is 12.9. The van der Waals surface area contributed by atoms with Gasteiger partial charge in [0.05, 0.1) is 27.8 Å². The van der Waals surface area contributed by atoms with Gasteiger partial charge in [-0.25, -0.2) is 15.0 Å². The first kappa shape index (κ1) is 35.4. The zero-order valence-corrected chi connectivity index (χ0v) is 34.0. The van der Waals surface area contributed by atoms with Crippen LogP contribution < -0.4 is 4.90 Å². The number of rotatable bonds is 6. The minimum Gasteiger partial charge on any atom is -0.436 e. The molecule has 1 spiro atoms. The Morgan fingerprint density at radius 2 is 0.778 bits per heavy atom. The van der Waals surface area contributed by atoms with Gasteiger partial charge < -0.3 is 9.32 Å². The van der Waals surface area contributed by atoms with Gasteiger partial charge in [0.1, 0.15) is 5.52 Å². The van der Waals surface area contributed by atoms with Crippen molar-refractivity contribution >= 4 is 39.2 Å². The van der Waals surface area contributed by atoms with Crippen LogP contribution in [-0.2, 0) is 5.41 Å². The third kappa shape index (κ3) is 5.33. The molecule has 2 aliphatic carbocycles.